The van der Waals surface area contributed by atoms with E-state index in [9.17, 15) is 4.79 Å². The summed E-state index contributed by atoms with van der Waals surface area (Å²) in [5.74, 6) is 0.634. The fourth-order valence-electron chi connectivity index (χ4n) is 1.53. The maximum absolute atomic E-state index is 11.5. The van der Waals surface area contributed by atoms with E-state index < -0.39 is 11.7 Å². The predicted molar refractivity (Wildman–Crippen MR) is 77.8 cm³/mol. The van der Waals surface area contributed by atoms with Gasteiger partial charge in [0.1, 0.15) is 5.60 Å². The number of nitrogens with one attached hydrogen (secondary N) is 1. The molecule has 112 valence electrons. The Morgan fingerprint density at radius 3 is 2.81 bits per heavy atom. The van der Waals surface area contributed by atoms with Crippen molar-refractivity contribution in [1.82, 2.24) is 15.5 Å². The first-order valence-corrected chi connectivity index (χ1v) is 6.76. The molecule has 1 aromatic carbocycles. The predicted octanol–water partition coefficient (Wildman–Crippen LogP) is 3.41. The summed E-state index contributed by atoms with van der Waals surface area (Å²) >= 11 is 5.90. The number of amides is 1. The van der Waals surface area contributed by atoms with Gasteiger partial charge in [-0.2, -0.15) is 0 Å². The normalized spacial score (nSPS) is 11.2. The van der Waals surface area contributed by atoms with Gasteiger partial charge in [-0.1, -0.05) is 17.7 Å². The van der Waals surface area contributed by atoms with Crippen molar-refractivity contribution in [3.63, 3.8) is 0 Å². The summed E-state index contributed by atoms with van der Waals surface area (Å²) in [6.45, 7) is 5.46. The molecule has 1 amide bonds. The fourth-order valence-corrected chi connectivity index (χ4v) is 1.72. The standard InChI is InChI=1S/C14H16ClN3O3/c1-14(2,3)21-13(19)16-8-11-17-18-12(20-11)9-5-4-6-10(15)7-9/h4-7H,8H2,1-3H3,(H,16,19). The number of hydrogen-bond donors (Lipinski definition) is 1. The molecule has 0 aliphatic heterocycles. The van der Waals surface area contributed by atoms with Crippen LogP contribution in [0.15, 0.2) is 28.7 Å². The molecule has 0 bridgehead atoms. The Morgan fingerprint density at radius 2 is 2.14 bits per heavy atom. The van der Waals surface area contributed by atoms with Gasteiger partial charge in [0, 0.05) is 10.6 Å². The van der Waals surface area contributed by atoms with Crippen LogP contribution in [0.4, 0.5) is 4.79 Å². The molecule has 0 saturated carbocycles. The summed E-state index contributed by atoms with van der Waals surface area (Å²) in [6.07, 6.45) is -0.537. The summed E-state index contributed by atoms with van der Waals surface area (Å²) in [7, 11) is 0. The van der Waals surface area contributed by atoms with Crippen LogP contribution >= 0.6 is 11.6 Å². The minimum Gasteiger partial charge on any atom is -0.444 e. The van der Waals surface area contributed by atoms with Gasteiger partial charge in [0.15, 0.2) is 0 Å². The number of nitrogens with zero attached hydrogens (tertiary/aromatic N) is 2. The first kappa shape index (κ1) is 15.3. The molecular weight excluding hydrogens is 294 g/mol. The molecule has 21 heavy (non-hydrogen) atoms. The minimum absolute atomic E-state index is 0.0997. The first-order valence-electron chi connectivity index (χ1n) is 6.39. The van der Waals surface area contributed by atoms with Crippen LogP contribution < -0.4 is 5.32 Å². The Bertz CT molecular complexity index is 634. The zero-order valence-electron chi connectivity index (χ0n) is 12.0. The average molecular weight is 310 g/mol. The number of alkyl carbamates (subject to hydrolysis) is 1. The minimum atomic E-state index is -0.551. The molecule has 0 atom stereocenters. The van der Waals surface area contributed by atoms with Crippen LogP contribution in [0.25, 0.3) is 11.5 Å². The van der Waals surface area contributed by atoms with E-state index in [1.165, 1.54) is 0 Å². The number of ether oxygens (including phenoxy) is 1. The third-order valence-corrected chi connectivity index (χ3v) is 2.56. The van der Waals surface area contributed by atoms with Crippen molar-refractivity contribution < 1.29 is 13.9 Å². The van der Waals surface area contributed by atoms with Gasteiger partial charge in [0.05, 0.1) is 6.54 Å². The lowest BCUT2D eigenvalue weighted by molar-refractivity contribution is 0.0519. The van der Waals surface area contributed by atoms with Gasteiger partial charge in [0.2, 0.25) is 11.8 Å². The second kappa shape index (κ2) is 6.13. The second-order valence-corrected chi connectivity index (χ2v) is 5.80. The first-order chi connectivity index (χ1) is 9.83. The molecule has 0 spiro atoms. The molecule has 0 saturated heterocycles. The zero-order valence-corrected chi connectivity index (χ0v) is 12.8. The Balaban J connectivity index is 1.96. The number of carbonyl (C=O) groups excluding carboxylic acids is 1. The van der Waals surface area contributed by atoms with Gasteiger partial charge in [-0.25, -0.2) is 4.79 Å². The number of rotatable bonds is 3. The van der Waals surface area contributed by atoms with Crippen molar-refractivity contribution in [2.75, 3.05) is 0 Å². The van der Waals surface area contributed by atoms with E-state index in [1.807, 2.05) is 6.07 Å². The second-order valence-electron chi connectivity index (χ2n) is 5.37. The van der Waals surface area contributed by atoms with Crippen molar-refractivity contribution in [3.8, 4) is 11.5 Å². The zero-order chi connectivity index (χ0) is 15.5. The lowest BCUT2D eigenvalue weighted by Crippen LogP contribution is -2.32. The summed E-state index contributed by atoms with van der Waals surface area (Å²) in [4.78, 5) is 11.5. The Labute approximate surface area is 127 Å². The highest BCUT2D eigenvalue weighted by Crippen LogP contribution is 2.21. The van der Waals surface area contributed by atoms with Crippen molar-refractivity contribution in [3.05, 3.63) is 35.2 Å². The van der Waals surface area contributed by atoms with Crippen LogP contribution in [0, 0.1) is 0 Å². The van der Waals surface area contributed by atoms with Crippen LogP contribution in [-0.2, 0) is 11.3 Å². The number of aromatic nitrogens is 2. The summed E-state index contributed by atoms with van der Waals surface area (Å²) in [6, 6.07) is 7.08. The van der Waals surface area contributed by atoms with E-state index in [0.29, 0.717) is 10.9 Å². The lowest BCUT2D eigenvalue weighted by Gasteiger charge is -2.19. The highest BCUT2D eigenvalue weighted by molar-refractivity contribution is 6.30. The third kappa shape index (κ3) is 4.75. The lowest BCUT2D eigenvalue weighted by atomic mass is 10.2. The smallest absolute Gasteiger partial charge is 0.408 e. The molecule has 6 nitrogen and oxygen atoms in total. The van der Waals surface area contributed by atoms with Crippen LogP contribution in [-0.4, -0.2) is 21.9 Å². The number of carbonyl (C=O) groups is 1. The largest absolute Gasteiger partial charge is 0.444 e. The monoisotopic (exact) mass is 309 g/mol. The molecule has 2 rings (SSSR count). The number of halogens is 1. The van der Waals surface area contributed by atoms with Gasteiger partial charge in [-0.15, -0.1) is 10.2 Å². The molecule has 0 fully saturated rings. The average Bonchev–Trinajstić information content (AvgIpc) is 2.83. The van der Waals surface area contributed by atoms with Gasteiger partial charge in [0.25, 0.3) is 0 Å². The van der Waals surface area contributed by atoms with E-state index in [-0.39, 0.29) is 12.4 Å². The summed E-state index contributed by atoms with van der Waals surface area (Å²) < 4.78 is 10.6. The molecule has 0 radical (unpaired) electrons. The van der Waals surface area contributed by atoms with Crippen molar-refractivity contribution in [1.29, 1.82) is 0 Å². The molecule has 1 aromatic heterocycles. The molecule has 1 heterocycles. The molecule has 7 heteroatoms. The van der Waals surface area contributed by atoms with Crippen LogP contribution in [0.5, 0.6) is 0 Å². The Hall–Kier alpha value is -2.08. The van der Waals surface area contributed by atoms with Gasteiger partial charge < -0.3 is 14.5 Å². The molecular formula is C14H16ClN3O3. The number of benzene rings is 1. The van der Waals surface area contributed by atoms with Crippen molar-refractivity contribution in [2.24, 2.45) is 0 Å². The molecule has 1 N–H and O–H groups in total. The van der Waals surface area contributed by atoms with Gasteiger partial charge >= 0.3 is 6.09 Å². The molecule has 0 aliphatic rings. The van der Waals surface area contributed by atoms with Crippen LogP contribution in [0.3, 0.4) is 0 Å². The summed E-state index contributed by atoms with van der Waals surface area (Å²) in [5.41, 5.74) is 0.170. The van der Waals surface area contributed by atoms with E-state index in [4.69, 9.17) is 20.8 Å². The molecule has 2 aromatic rings. The Morgan fingerprint density at radius 1 is 1.38 bits per heavy atom. The molecule has 0 unspecified atom stereocenters. The van der Waals surface area contributed by atoms with E-state index >= 15 is 0 Å². The van der Waals surface area contributed by atoms with Crippen molar-refractivity contribution in [2.45, 2.75) is 32.9 Å². The van der Waals surface area contributed by atoms with E-state index in [0.717, 1.165) is 5.56 Å². The third-order valence-electron chi connectivity index (χ3n) is 2.32. The number of hydrogen-bond acceptors (Lipinski definition) is 5. The highest BCUT2D eigenvalue weighted by atomic mass is 35.5. The topological polar surface area (TPSA) is 77.2 Å². The highest BCUT2D eigenvalue weighted by Gasteiger charge is 2.17. The fraction of sp³-hybridized carbons (Fsp3) is 0.357. The van der Waals surface area contributed by atoms with Crippen LogP contribution in [0.2, 0.25) is 5.02 Å². The SMILES string of the molecule is CC(C)(C)OC(=O)NCc1nnc(-c2cccc(Cl)c2)o1. The van der Waals surface area contributed by atoms with Gasteiger partial charge in [-0.05, 0) is 39.0 Å². The maximum atomic E-state index is 11.5. The quantitative estimate of drug-likeness (QED) is 0.940. The van der Waals surface area contributed by atoms with Crippen molar-refractivity contribution >= 4 is 17.7 Å². The maximum Gasteiger partial charge on any atom is 0.408 e. The summed E-state index contributed by atoms with van der Waals surface area (Å²) in [5, 5.41) is 10.9. The van der Waals surface area contributed by atoms with E-state index in [1.54, 1.807) is 39.0 Å². The van der Waals surface area contributed by atoms with E-state index in [2.05, 4.69) is 15.5 Å². The molecule has 0 aliphatic carbocycles. The van der Waals surface area contributed by atoms with Gasteiger partial charge in [-0.3, -0.25) is 0 Å². The Kier molecular flexibility index (Phi) is 4.47. The van der Waals surface area contributed by atoms with Crippen LogP contribution in [0.1, 0.15) is 26.7 Å².